The van der Waals surface area contributed by atoms with Crippen LogP contribution in [0.1, 0.15) is 40.1 Å². The maximum Gasteiger partial charge on any atom is 0.336 e. The van der Waals surface area contributed by atoms with Gasteiger partial charge in [0.1, 0.15) is 11.7 Å². The van der Waals surface area contributed by atoms with Crippen LogP contribution < -0.4 is 0 Å². The predicted molar refractivity (Wildman–Crippen MR) is 90.1 cm³/mol. The van der Waals surface area contributed by atoms with E-state index >= 15 is 0 Å². The maximum atomic E-state index is 11.6. The number of hydrogen-bond donors (Lipinski definition) is 3. The number of alkyl halides is 1. The summed E-state index contributed by atoms with van der Waals surface area (Å²) in [7, 11) is 0. The van der Waals surface area contributed by atoms with Crippen molar-refractivity contribution in [2.45, 2.75) is 32.0 Å². The van der Waals surface area contributed by atoms with E-state index in [1.54, 1.807) is 0 Å². The first kappa shape index (κ1) is 20.7. The van der Waals surface area contributed by atoms with Gasteiger partial charge >= 0.3 is 17.9 Å². The molecule has 0 aliphatic carbocycles. The van der Waals surface area contributed by atoms with Crippen molar-refractivity contribution >= 4 is 29.5 Å². The van der Waals surface area contributed by atoms with Crippen LogP contribution in [0, 0.1) is 0 Å². The van der Waals surface area contributed by atoms with E-state index in [-0.39, 0.29) is 23.4 Å². The number of carbonyl (C=O) groups is 3. The Morgan fingerprint density at radius 3 is 2.32 bits per heavy atom. The quantitative estimate of drug-likeness (QED) is 0.364. The average molecular weight is 371 g/mol. The molecule has 0 heterocycles. The van der Waals surface area contributed by atoms with Gasteiger partial charge in [-0.05, 0) is 25.5 Å². The highest BCUT2D eigenvalue weighted by Crippen LogP contribution is 2.26. The molecular weight excluding hydrogens is 352 g/mol. The molecule has 0 fully saturated rings. The molecule has 2 atom stereocenters. The second-order valence-corrected chi connectivity index (χ2v) is 5.96. The summed E-state index contributed by atoms with van der Waals surface area (Å²) in [4.78, 5) is 34.4. The standard InChI is InChI=1S/C17H19ClO7/c1-9(2)16(23)25-10(3)17(24,8-18)7-11-5-4-6-12(14(19)20)13(11)15(21)22/h4-6,10,24H,1,7-8H2,2-3H3,(H,19,20)(H,21,22). The number of rotatable bonds is 8. The monoisotopic (exact) mass is 370 g/mol. The zero-order valence-electron chi connectivity index (χ0n) is 13.8. The smallest absolute Gasteiger partial charge is 0.336 e. The number of ether oxygens (including phenoxy) is 1. The van der Waals surface area contributed by atoms with E-state index in [2.05, 4.69) is 6.58 Å². The third kappa shape index (κ3) is 4.80. The van der Waals surface area contributed by atoms with Crippen LogP contribution in [0.4, 0.5) is 0 Å². The summed E-state index contributed by atoms with van der Waals surface area (Å²) in [6, 6.07) is 3.89. The fourth-order valence-corrected chi connectivity index (χ4v) is 2.49. The van der Waals surface area contributed by atoms with Crippen molar-refractivity contribution in [3.05, 3.63) is 47.0 Å². The molecule has 7 nitrogen and oxygen atoms in total. The summed E-state index contributed by atoms with van der Waals surface area (Å²) in [5.41, 5.74) is -2.46. The molecule has 0 aliphatic heterocycles. The van der Waals surface area contributed by atoms with Gasteiger partial charge in [-0.2, -0.15) is 0 Å². The molecule has 0 radical (unpaired) electrons. The second kappa shape index (κ2) is 8.13. The third-order valence-corrected chi connectivity index (χ3v) is 4.17. The van der Waals surface area contributed by atoms with E-state index in [1.807, 2.05) is 0 Å². The summed E-state index contributed by atoms with van der Waals surface area (Å²) < 4.78 is 5.08. The van der Waals surface area contributed by atoms with Gasteiger partial charge in [0, 0.05) is 12.0 Å². The lowest BCUT2D eigenvalue weighted by Crippen LogP contribution is -2.47. The maximum absolute atomic E-state index is 11.6. The molecule has 0 spiro atoms. The summed E-state index contributed by atoms with van der Waals surface area (Å²) >= 11 is 5.82. The van der Waals surface area contributed by atoms with Crippen molar-refractivity contribution in [3.63, 3.8) is 0 Å². The average Bonchev–Trinajstić information content (AvgIpc) is 2.53. The van der Waals surface area contributed by atoms with Crippen LogP contribution >= 0.6 is 11.6 Å². The first-order chi connectivity index (χ1) is 11.5. The van der Waals surface area contributed by atoms with Crippen LogP contribution in [0.25, 0.3) is 0 Å². The molecule has 3 N–H and O–H groups in total. The molecule has 0 saturated heterocycles. The topological polar surface area (TPSA) is 121 Å². The fraction of sp³-hybridized carbons (Fsp3) is 0.353. The first-order valence-electron chi connectivity index (χ1n) is 7.26. The lowest BCUT2D eigenvalue weighted by molar-refractivity contribution is -0.156. The zero-order chi connectivity index (χ0) is 19.4. The van der Waals surface area contributed by atoms with Crippen LogP contribution in [-0.4, -0.2) is 50.8 Å². The Bertz CT molecular complexity index is 713. The van der Waals surface area contributed by atoms with Crippen molar-refractivity contribution in [2.75, 3.05) is 5.88 Å². The Morgan fingerprint density at radius 1 is 1.28 bits per heavy atom. The number of carboxylic acid groups (broad SMARTS) is 2. The molecule has 8 heteroatoms. The SMILES string of the molecule is C=C(C)C(=O)OC(C)C(O)(CCl)Cc1cccc(C(=O)O)c1C(=O)O. The highest BCUT2D eigenvalue weighted by atomic mass is 35.5. The van der Waals surface area contributed by atoms with Crippen molar-refractivity contribution in [1.29, 1.82) is 0 Å². The molecule has 1 rings (SSSR count). The van der Waals surface area contributed by atoms with Gasteiger partial charge in [-0.3, -0.25) is 0 Å². The molecule has 25 heavy (non-hydrogen) atoms. The number of esters is 1. The molecular formula is C17H19ClO7. The molecule has 136 valence electrons. The summed E-state index contributed by atoms with van der Waals surface area (Å²) in [6.45, 7) is 6.28. The molecule has 0 saturated carbocycles. The number of aliphatic hydroxyl groups is 1. The van der Waals surface area contributed by atoms with Crippen molar-refractivity contribution in [3.8, 4) is 0 Å². The molecule has 0 bridgehead atoms. The van der Waals surface area contributed by atoms with Gasteiger partial charge in [0.2, 0.25) is 0 Å². The van der Waals surface area contributed by atoms with E-state index in [0.717, 1.165) is 6.07 Å². The lowest BCUT2D eigenvalue weighted by Gasteiger charge is -2.32. The highest BCUT2D eigenvalue weighted by molar-refractivity contribution is 6.18. The number of halogens is 1. The van der Waals surface area contributed by atoms with Crippen molar-refractivity contribution in [2.24, 2.45) is 0 Å². The minimum atomic E-state index is -1.80. The van der Waals surface area contributed by atoms with Gasteiger partial charge in [-0.1, -0.05) is 18.7 Å². The number of aromatic carboxylic acids is 2. The Kier molecular flexibility index (Phi) is 6.72. The van der Waals surface area contributed by atoms with Crippen LogP contribution in [0.3, 0.4) is 0 Å². The third-order valence-electron chi connectivity index (χ3n) is 3.71. The number of benzene rings is 1. The molecule has 0 aliphatic rings. The molecule has 1 aromatic carbocycles. The molecule has 2 unspecified atom stereocenters. The second-order valence-electron chi connectivity index (χ2n) is 5.69. The lowest BCUT2D eigenvalue weighted by atomic mass is 9.87. The Morgan fingerprint density at radius 2 is 1.88 bits per heavy atom. The normalized spacial score (nSPS) is 14.2. The fourth-order valence-electron chi connectivity index (χ4n) is 2.18. The van der Waals surface area contributed by atoms with Gasteiger partial charge in [0.05, 0.1) is 17.0 Å². The van der Waals surface area contributed by atoms with Gasteiger partial charge in [0.15, 0.2) is 0 Å². The van der Waals surface area contributed by atoms with E-state index in [1.165, 1.54) is 26.0 Å². The van der Waals surface area contributed by atoms with Gasteiger partial charge in [-0.25, -0.2) is 14.4 Å². The molecule has 1 aromatic rings. The summed E-state index contributed by atoms with van der Waals surface area (Å²) in [5, 5.41) is 29.2. The largest absolute Gasteiger partial charge is 0.478 e. The number of carboxylic acids is 2. The van der Waals surface area contributed by atoms with Crippen molar-refractivity contribution in [1.82, 2.24) is 0 Å². The predicted octanol–water partition coefficient (Wildman–Crippen LogP) is 2.10. The first-order valence-corrected chi connectivity index (χ1v) is 7.80. The van der Waals surface area contributed by atoms with E-state index in [9.17, 15) is 24.6 Å². The Balaban J connectivity index is 3.26. The minimum Gasteiger partial charge on any atom is -0.478 e. The van der Waals surface area contributed by atoms with E-state index in [4.69, 9.17) is 21.4 Å². The van der Waals surface area contributed by atoms with Crippen LogP contribution in [-0.2, 0) is 16.0 Å². The van der Waals surface area contributed by atoms with Gasteiger partial charge in [0.25, 0.3) is 0 Å². The van der Waals surface area contributed by atoms with Crippen LogP contribution in [0.2, 0.25) is 0 Å². The zero-order valence-corrected chi connectivity index (χ0v) is 14.5. The minimum absolute atomic E-state index is 0.0637. The van der Waals surface area contributed by atoms with E-state index in [0.29, 0.717) is 0 Å². The number of hydrogen-bond acceptors (Lipinski definition) is 5. The number of carbonyl (C=O) groups excluding carboxylic acids is 1. The summed E-state index contributed by atoms with van der Waals surface area (Å²) in [5.74, 6) is -3.95. The molecule has 0 aromatic heterocycles. The van der Waals surface area contributed by atoms with Crippen LogP contribution in [0.5, 0.6) is 0 Å². The van der Waals surface area contributed by atoms with Gasteiger partial charge in [-0.15, -0.1) is 11.6 Å². The van der Waals surface area contributed by atoms with Gasteiger partial charge < -0.3 is 20.1 Å². The van der Waals surface area contributed by atoms with Crippen LogP contribution in [0.15, 0.2) is 30.4 Å². The Labute approximate surface area is 149 Å². The summed E-state index contributed by atoms with van der Waals surface area (Å²) in [6.07, 6.45) is -1.39. The highest BCUT2D eigenvalue weighted by Gasteiger charge is 2.38. The van der Waals surface area contributed by atoms with E-state index < -0.39 is 40.7 Å². The molecule has 0 amide bonds. The Hall–Kier alpha value is -2.38. The van der Waals surface area contributed by atoms with Crippen molar-refractivity contribution < 1.29 is 34.4 Å².